The first-order valence-corrected chi connectivity index (χ1v) is 8.36. The van der Waals surface area contributed by atoms with E-state index in [4.69, 9.17) is 0 Å². The summed E-state index contributed by atoms with van der Waals surface area (Å²) in [5.74, 6) is -0.461. The third-order valence-corrected chi connectivity index (χ3v) is 3.51. The minimum absolute atomic E-state index is 0.0708. The van der Waals surface area contributed by atoms with Gasteiger partial charge in [-0.1, -0.05) is 18.2 Å². The van der Waals surface area contributed by atoms with Gasteiger partial charge in [0.1, 0.15) is 5.82 Å². The molecule has 0 heterocycles. The fourth-order valence-electron chi connectivity index (χ4n) is 2.33. The number of halogens is 1. The summed E-state index contributed by atoms with van der Waals surface area (Å²) in [5.41, 5.74) is 0.305. The van der Waals surface area contributed by atoms with E-state index in [9.17, 15) is 14.0 Å². The zero-order chi connectivity index (χ0) is 18.2. The summed E-state index contributed by atoms with van der Waals surface area (Å²) in [5, 5.41) is 5.68. The van der Waals surface area contributed by atoms with Crippen LogP contribution in [0.5, 0.6) is 0 Å². The van der Waals surface area contributed by atoms with Gasteiger partial charge in [0.25, 0.3) is 11.8 Å². The van der Waals surface area contributed by atoms with Gasteiger partial charge in [0, 0.05) is 12.1 Å². The first kappa shape index (κ1) is 20.1. The van der Waals surface area contributed by atoms with E-state index in [1.165, 1.54) is 6.07 Å². The zero-order valence-corrected chi connectivity index (χ0v) is 15.0. The van der Waals surface area contributed by atoms with E-state index < -0.39 is 0 Å². The standard InChI is InChI=1S/C18H28FN3O2/c1-5-22(13-17(24)21-18(2,3)4)12-16(23)20-11-10-14-8-6-7-9-15(14)19/h6-9H,5,10-13H2,1-4H3,(H,20,23)(H,21,24)/p+1. The third-order valence-electron chi connectivity index (χ3n) is 3.51. The van der Waals surface area contributed by atoms with E-state index in [2.05, 4.69) is 10.6 Å². The minimum Gasteiger partial charge on any atom is -0.351 e. The second-order valence-corrected chi connectivity index (χ2v) is 6.95. The summed E-state index contributed by atoms with van der Waals surface area (Å²) >= 11 is 0. The average Bonchev–Trinajstić information content (AvgIpc) is 2.46. The van der Waals surface area contributed by atoms with Crippen LogP contribution in [0.15, 0.2) is 24.3 Å². The highest BCUT2D eigenvalue weighted by atomic mass is 19.1. The first-order chi connectivity index (χ1) is 11.2. The maximum absolute atomic E-state index is 13.5. The van der Waals surface area contributed by atoms with Crippen molar-refractivity contribution in [3.05, 3.63) is 35.6 Å². The molecule has 0 aromatic heterocycles. The topological polar surface area (TPSA) is 62.6 Å². The van der Waals surface area contributed by atoms with E-state index in [1.54, 1.807) is 18.2 Å². The Bertz CT molecular complexity index is 555. The Morgan fingerprint density at radius 3 is 2.33 bits per heavy atom. The highest BCUT2D eigenvalue weighted by Gasteiger charge is 2.20. The summed E-state index contributed by atoms with van der Waals surface area (Å²) in [6.07, 6.45) is 0.449. The van der Waals surface area contributed by atoms with Gasteiger partial charge in [-0.05, 0) is 45.7 Å². The van der Waals surface area contributed by atoms with Gasteiger partial charge in [0.2, 0.25) is 0 Å². The van der Waals surface area contributed by atoms with E-state index >= 15 is 0 Å². The summed E-state index contributed by atoms with van der Waals surface area (Å²) in [6, 6.07) is 6.54. The van der Waals surface area contributed by atoms with Crippen molar-refractivity contribution < 1.29 is 18.9 Å². The number of hydrogen-bond donors (Lipinski definition) is 3. The molecule has 0 saturated carbocycles. The Morgan fingerprint density at radius 1 is 1.12 bits per heavy atom. The van der Waals surface area contributed by atoms with Crippen molar-refractivity contribution in [1.29, 1.82) is 0 Å². The molecule has 0 fully saturated rings. The van der Waals surface area contributed by atoms with E-state index in [1.807, 2.05) is 27.7 Å². The predicted octanol–water partition coefficient (Wildman–Crippen LogP) is 0.304. The highest BCUT2D eigenvalue weighted by molar-refractivity contribution is 5.79. The Labute approximate surface area is 143 Å². The van der Waals surface area contributed by atoms with Crippen LogP contribution >= 0.6 is 0 Å². The van der Waals surface area contributed by atoms with Gasteiger partial charge >= 0.3 is 0 Å². The molecule has 1 rings (SSSR count). The van der Waals surface area contributed by atoms with Gasteiger partial charge in [-0.3, -0.25) is 9.59 Å². The molecule has 0 spiro atoms. The number of amides is 2. The molecule has 24 heavy (non-hydrogen) atoms. The van der Waals surface area contributed by atoms with Gasteiger partial charge in [0.05, 0.1) is 6.54 Å². The minimum atomic E-state index is -0.280. The Kier molecular flexibility index (Phi) is 7.85. The van der Waals surface area contributed by atoms with E-state index in [-0.39, 0.29) is 36.3 Å². The van der Waals surface area contributed by atoms with Crippen molar-refractivity contribution in [3.63, 3.8) is 0 Å². The number of benzene rings is 1. The molecule has 5 nitrogen and oxygen atoms in total. The molecule has 0 aliphatic rings. The van der Waals surface area contributed by atoms with Gasteiger partial charge in [-0.25, -0.2) is 4.39 Å². The number of rotatable bonds is 8. The lowest BCUT2D eigenvalue weighted by Crippen LogP contribution is -3.14. The fourth-order valence-corrected chi connectivity index (χ4v) is 2.33. The maximum Gasteiger partial charge on any atom is 0.275 e. The third kappa shape index (κ3) is 8.06. The van der Waals surface area contributed by atoms with Gasteiger partial charge in [-0.2, -0.15) is 0 Å². The van der Waals surface area contributed by atoms with Crippen molar-refractivity contribution in [3.8, 4) is 0 Å². The second kappa shape index (κ2) is 9.37. The quantitative estimate of drug-likeness (QED) is 0.639. The number of hydrogen-bond acceptors (Lipinski definition) is 2. The largest absolute Gasteiger partial charge is 0.351 e. The fraction of sp³-hybridized carbons (Fsp3) is 0.556. The molecule has 134 valence electrons. The molecule has 3 N–H and O–H groups in total. The molecule has 0 aliphatic carbocycles. The molecule has 1 unspecified atom stereocenters. The average molecular weight is 338 g/mol. The zero-order valence-electron chi connectivity index (χ0n) is 15.0. The summed E-state index contributed by atoms with van der Waals surface area (Å²) in [6.45, 7) is 9.25. The predicted molar refractivity (Wildman–Crippen MR) is 92.2 cm³/mol. The van der Waals surface area contributed by atoms with Crippen LogP contribution in [0, 0.1) is 5.82 Å². The molecule has 1 aromatic rings. The van der Waals surface area contributed by atoms with Gasteiger partial charge in [0.15, 0.2) is 13.1 Å². The monoisotopic (exact) mass is 338 g/mol. The van der Waals surface area contributed by atoms with E-state index in [0.29, 0.717) is 25.1 Å². The van der Waals surface area contributed by atoms with Crippen LogP contribution in [-0.4, -0.2) is 43.5 Å². The van der Waals surface area contributed by atoms with Crippen LogP contribution in [0.1, 0.15) is 33.3 Å². The van der Waals surface area contributed by atoms with Crippen LogP contribution in [0.3, 0.4) is 0 Å². The van der Waals surface area contributed by atoms with E-state index in [0.717, 1.165) is 4.90 Å². The number of quaternary nitrogens is 1. The lowest BCUT2D eigenvalue weighted by atomic mass is 10.1. The van der Waals surface area contributed by atoms with Crippen molar-refractivity contribution in [2.75, 3.05) is 26.2 Å². The molecule has 2 amide bonds. The van der Waals surface area contributed by atoms with Crippen molar-refractivity contribution in [2.45, 2.75) is 39.7 Å². The van der Waals surface area contributed by atoms with Crippen LogP contribution in [0.25, 0.3) is 0 Å². The molecular weight excluding hydrogens is 309 g/mol. The van der Waals surface area contributed by atoms with Crippen LogP contribution in [0.4, 0.5) is 4.39 Å². The van der Waals surface area contributed by atoms with Crippen molar-refractivity contribution in [2.24, 2.45) is 0 Å². The number of nitrogens with one attached hydrogen (secondary N) is 3. The molecule has 0 saturated heterocycles. The van der Waals surface area contributed by atoms with Crippen molar-refractivity contribution >= 4 is 11.8 Å². The van der Waals surface area contributed by atoms with Gasteiger partial charge < -0.3 is 15.5 Å². The number of carbonyl (C=O) groups excluding carboxylic acids is 2. The second-order valence-electron chi connectivity index (χ2n) is 6.95. The molecular formula is C18H29FN3O2+. The molecule has 6 heteroatoms. The molecule has 0 bridgehead atoms. The molecule has 0 aliphatic heterocycles. The SMILES string of the molecule is CC[NH+](CC(=O)NCCc1ccccc1F)CC(=O)NC(C)(C)C. The summed E-state index contributed by atoms with van der Waals surface area (Å²) in [4.78, 5) is 24.8. The first-order valence-electron chi connectivity index (χ1n) is 8.36. The lowest BCUT2D eigenvalue weighted by Gasteiger charge is -2.23. The Balaban J connectivity index is 2.36. The number of carbonyl (C=O) groups is 2. The van der Waals surface area contributed by atoms with Gasteiger partial charge in [-0.15, -0.1) is 0 Å². The molecule has 1 atom stereocenters. The molecule has 1 aromatic carbocycles. The Hall–Kier alpha value is -1.95. The summed E-state index contributed by atoms with van der Waals surface area (Å²) < 4.78 is 13.5. The normalized spacial score (nSPS) is 12.5. The van der Waals surface area contributed by atoms with Crippen molar-refractivity contribution in [1.82, 2.24) is 10.6 Å². The number of likely N-dealkylation sites (N-methyl/N-ethyl adjacent to an activating group) is 1. The maximum atomic E-state index is 13.5. The summed E-state index contributed by atoms with van der Waals surface area (Å²) in [7, 11) is 0. The van der Waals surface area contributed by atoms with Crippen LogP contribution < -0.4 is 15.5 Å². The molecule has 0 radical (unpaired) electrons. The smallest absolute Gasteiger partial charge is 0.275 e. The highest BCUT2D eigenvalue weighted by Crippen LogP contribution is 2.05. The Morgan fingerprint density at radius 2 is 1.75 bits per heavy atom. The van der Waals surface area contributed by atoms with Crippen LogP contribution in [0.2, 0.25) is 0 Å². The lowest BCUT2D eigenvalue weighted by molar-refractivity contribution is -0.881. The van der Waals surface area contributed by atoms with Crippen LogP contribution in [-0.2, 0) is 16.0 Å².